The number of nitrogens with one attached hydrogen (secondary N) is 1. The van der Waals surface area contributed by atoms with Crippen LogP contribution in [0.3, 0.4) is 0 Å². The van der Waals surface area contributed by atoms with Crippen molar-refractivity contribution < 1.29 is 0 Å². The summed E-state index contributed by atoms with van der Waals surface area (Å²) in [6, 6.07) is 3.94. The van der Waals surface area contributed by atoms with Crippen LogP contribution in [-0.4, -0.2) is 39.9 Å². The fraction of sp³-hybridized carbons (Fsp3) is 0.786. The molecule has 4 nitrogen and oxygen atoms in total. The normalized spacial score (nSPS) is 30.3. The van der Waals surface area contributed by atoms with E-state index in [1.165, 1.54) is 44.5 Å². The van der Waals surface area contributed by atoms with Crippen molar-refractivity contribution in [1.29, 1.82) is 0 Å². The Morgan fingerprint density at radius 3 is 3.00 bits per heavy atom. The lowest BCUT2D eigenvalue weighted by atomic mass is 9.98. The number of hydrogen-bond donors (Lipinski definition) is 1. The molecule has 0 radical (unpaired) electrons. The molecule has 100 valence electrons. The van der Waals surface area contributed by atoms with Crippen LogP contribution >= 0.6 is 0 Å². The van der Waals surface area contributed by atoms with Crippen LogP contribution in [0.4, 0.5) is 0 Å². The second-order valence-electron chi connectivity index (χ2n) is 5.76. The number of piperidine rings is 1. The van der Waals surface area contributed by atoms with Crippen molar-refractivity contribution in [1.82, 2.24) is 20.0 Å². The average molecular weight is 248 g/mol. The summed E-state index contributed by atoms with van der Waals surface area (Å²) in [5.74, 6) is 0. The van der Waals surface area contributed by atoms with Crippen molar-refractivity contribution in [3.63, 3.8) is 0 Å². The van der Waals surface area contributed by atoms with Gasteiger partial charge >= 0.3 is 0 Å². The Kier molecular flexibility index (Phi) is 3.39. The van der Waals surface area contributed by atoms with Gasteiger partial charge in [0.1, 0.15) is 0 Å². The van der Waals surface area contributed by atoms with Gasteiger partial charge in [0, 0.05) is 37.9 Å². The summed E-state index contributed by atoms with van der Waals surface area (Å²) in [6.45, 7) is 4.84. The smallest absolute Gasteiger partial charge is 0.0547 e. The predicted octanol–water partition coefficient (Wildman–Crippen LogP) is 1.70. The highest BCUT2D eigenvalue weighted by Crippen LogP contribution is 2.28. The number of nitrogens with zero attached hydrogens (tertiary/aromatic N) is 3. The minimum Gasteiger partial charge on any atom is -0.304 e. The molecule has 1 N–H and O–H groups in total. The van der Waals surface area contributed by atoms with Crippen LogP contribution in [-0.2, 0) is 7.05 Å². The Morgan fingerprint density at radius 2 is 2.22 bits per heavy atom. The maximum Gasteiger partial charge on any atom is 0.0547 e. The van der Waals surface area contributed by atoms with Gasteiger partial charge in [-0.15, -0.1) is 0 Å². The van der Waals surface area contributed by atoms with Gasteiger partial charge in [-0.2, -0.15) is 5.10 Å². The van der Waals surface area contributed by atoms with Gasteiger partial charge in [0.05, 0.1) is 5.69 Å². The summed E-state index contributed by atoms with van der Waals surface area (Å²) < 4.78 is 1.98. The van der Waals surface area contributed by atoms with E-state index in [4.69, 9.17) is 0 Å². The summed E-state index contributed by atoms with van der Waals surface area (Å²) in [6.07, 6.45) is 7.34. The Morgan fingerprint density at radius 1 is 1.33 bits per heavy atom. The zero-order valence-electron chi connectivity index (χ0n) is 11.5. The molecule has 1 aromatic heterocycles. The first-order valence-corrected chi connectivity index (χ1v) is 7.23. The van der Waals surface area contributed by atoms with E-state index in [1.54, 1.807) is 0 Å². The molecule has 18 heavy (non-hydrogen) atoms. The Bertz CT molecular complexity index is 400. The lowest BCUT2D eigenvalue weighted by Gasteiger charge is -2.33. The van der Waals surface area contributed by atoms with Crippen LogP contribution in [0.2, 0.25) is 0 Å². The minimum absolute atomic E-state index is 0.393. The Balaban J connectivity index is 1.64. The van der Waals surface area contributed by atoms with E-state index in [1.807, 2.05) is 17.9 Å². The predicted molar refractivity (Wildman–Crippen MR) is 72.4 cm³/mol. The zero-order chi connectivity index (χ0) is 12.5. The number of aromatic nitrogens is 2. The van der Waals surface area contributed by atoms with Gasteiger partial charge in [-0.05, 0) is 38.8 Å². The van der Waals surface area contributed by atoms with Crippen LogP contribution in [0, 0.1) is 0 Å². The number of aryl methyl sites for hydroxylation is 1. The topological polar surface area (TPSA) is 33.1 Å². The maximum atomic E-state index is 4.26. The molecule has 0 bridgehead atoms. The van der Waals surface area contributed by atoms with E-state index in [0.717, 1.165) is 6.04 Å². The molecular weight excluding hydrogens is 224 g/mol. The van der Waals surface area contributed by atoms with E-state index in [9.17, 15) is 0 Å². The molecule has 0 aromatic carbocycles. The van der Waals surface area contributed by atoms with E-state index in [0.29, 0.717) is 12.1 Å². The third-order valence-corrected chi connectivity index (χ3v) is 4.62. The number of rotatable bonds is 3. The number of hydrogen-bond acceptors (Lipinski definition) is 3. The van der Waals surface area contributed by atoms with Crippen LogP contribution < -0.4 is 5.32 Å². The van der Waals surface area contributed by atoms with Crippen molar-refractivity contribution >= 4 is 0 Å². The van der Waals surface area contributed by atoms with Gasteiger partial charge in [0.2, 0.25) is 0 Å². The van der Waals surface area contributed by atoms with Gasteiger partial charge in [-0.1, -0.05) is 6.42 Å². The van der Waals surface area contributed by atoms with Crippen LogP contribution in [0.25, 0.3) is 0 Å². The average Bonchev–Trinajstić information content (AvgIpc) is 2.97. The van der Waals surface area contributed by atoms with Gasteiger partial charge < -0.3 is 5.32 Å². The first-order valence-electron chi connectivity index (χ1n) is 7.23. The molecule has 0 saturated carbocycles. The second kappa shape index (κ2) is 5.02. The summed E-state index contributed by atoms with van der Waals surface area (Å²) in [4.78, 5) is 2.68. The molecule has 2 saturated heterocycles. The molecule has 1 aromatic rings. The molecule has 3 unspecified atom stereocenters. The largest absolute Gasteiger partial charge is 0.304 e. The van der Waals surface area contributed by atoms with Crippen molar-refractivity contribution in [3.05, 3.63) is 18.0 Å². The fourth-order valence-electron chi connectivity index (χ4n) is 3.66. The van der Waals surface area contributed by atoms with Crippen molar-refractivity contribution in [2.75, 3.05) is 13.1 Å². The first-order chi connectivity index (χ1) is 8.75. The molecule has 3 heterocycles. The molecular formula is C14H24N4. The molecule has 2 aliphatic rings. The monoisotopic (exact) mass is 248 g/mol. The van der Waals surface area contributed by atoms with E-state index < -0.39 is 0 Å². The molecule has 0 aliphatic carbocycles. The highest BCUT2D eigenvalue weighted by molar-refractivity contribution is 5.07. The molecule has 2 aliphatic heterocycles. The summed E-state index contributed by atoms with van der Waals surface area (Å²) in [5.41, 5.74) is 1.28. The lowest BCUT2D eigenvalue weighted by Crippen LogP contribution is -2.45. The minimum atomic E-state index is 0.393. The highest BCUT2D eigenvalue weighted by atomic mass is 15.3. The maximum absolute atomic E-state index is 4.26. The molecule has 0 amide bonds. The summed E-state index contributed by atoms with van der Waals surface area (Å²) in [5, 5.41) is 8.08. The number of fused-ring (bicyclic) bond motifs is 1. The standard InChI is InChI=1S/C14H24N4/c1-11(13-6-8-15-17(13)2)16-12-7-10-18-9-4-3-5-14(12)18/h6,8,11-12,14,16H,3-5,7,9-10H2,1-2H3. The first kappa shape index (κ1) is 12.2. The van der Waals surface area contributed by atoms with E-state index in [-0.39, 0.29) is 0 Å². The Labute approximate surface area is 109 Å². The van der Waals surface area contributed by atoms with Gasteiger partial charge in [-0.25, -0.2) is 0 Å². The van der Waals surface area contributed by atoms with Gasteiger partial charge in [0.15, 0.2) is 0 Å². The quantitative estimate of drug-likeness (QED) is 0.884. The summed E-state index contributed by atoms with van der Waals surface area (Å²) >= 11 is 0. The van der Waals surface area contributed by atoms with Crippen molar-refractivity contribution in [3.8, 4) is 0 Å². The molecule has 3 atom stereocenters. The van der Waals surface area contributed by atoms with E-state index in [2.05, 4.69) is 28.3 Å². The third kappa shape index (κ3) is 2.19. The molecule has 0 spiro atoms. The van der Waals surface area contributed by atoms with Crippen molar-refractivity contribution in [2.45, 2.75) is 50.7 Å². The SMILES string of the molecule is CC(NC1CCN2CCCCC12)c1ccnn1C. The molecule has 2 fully saturated rings. The van der Waals surface area contributed by atoms with Crippen molar-refractivity contribution in [2.24, 2.45) is 7.05 Å². The van der Waals surface area contributed by atoms with Gasteiger partial charge in [0.25, 0.3) is 0 Å². The Hall–Kier alpha value is -0.870. The fourth-order valence-corrected chi connectivity index (χ4v) is 3.66. The molecule has 3 rings (SSSR count). The second-order valence-corrected chi connectivity index (χ2v) is 5.76. The lowest BCUT2D eigenvalue weighted by molar-refractivity contribution is 0.177. The summed E-state index contributed by atoms with van der Waals surface area (Å²) in [7, 11) is 2.02. The van der Waals surface area contributed by atoms with Crippen LogP contribution in [0.5, 0.6) is 0 Å². The highest BCUT2D eigenvalue weighted by Gasteiger charge is 2.36. The van der Waals surface area contributed by atoms with Crippen LogP contribution in [0.1, 0.15) is 44.3 Å². The van der Waals surface area contributed by atoms with Gasteiger partial charge in [-0.3, -0.25) is 9.58 Å². The van der Waals surface area contributed by atoms with E-state index >= 15 is 0 Å². The van der Waals surface area contributed by atoms with Crippen LogP contribution in [0.15, 0.2) is 12.3 Å². The zero-order valence-corrected chi connectivity index (χ0v) is 11.5. The third-order valence-electron chi connectivity index (χ3n) is 4.62. The molecule has 4 heteroatoms.